The van der Waals surface area contributed by atoms with Gasteiger partial charge < -0.3 is 10.1 Å². The molecule has 0 saturated carbocycles. The van der Waals surface area contributed by atoms with Crippen molar-refractivity contribution in [1.29, 1.82) is 0 Å². The smallest absolute Gasteiger partial charge is 0.149 e. The zero-order valence-electron chi connectivity index (χ0n) is 11.2. The Morgan fingerprint density at radius 2 is 2.06 bits per heavy atom. The van der Waals surface area contributed by atoms with E-state index in [0.717, 1.165) is 5.56 Å². The predicted octanol–water partition coefficient (Wildman–Crippen LogP) is 1.17. The first-order valence-corrected chi connectivity index (χ1v) is 7.84. The normalized spacial score (nSPS) is 13.6. The molecule has 5 nitrogen and oxygen atoms in total. The van der Waals surface area contributed by atoms with Crippen LogP contribution in [0, 0.1) is 0 Å². The first-order valence-electron chi connectivity index (χ1n) is 5.78. The van der Waals surface area contributed by atoms with Crippen LogP contribution in [0.1, 0.15) is 25.5 Å². The molecule has 1 N–H and O–H groups in total. The molecule has 0 bridgehead atoms. The molecule has 1 heterocycles. The second-order valence-electron chi connectivity index (χ2n) is 4.55. The molecule has 0 aliphatic heterocycles. The molecular weight excluding hydrogens is 252 g/mol. The first kappa shape index (κ1) is 14.9. The van der Waals surface area contributed by atoms with E-state index in [0.29, 0.717) is 5.75 Å². The summed E-state index contributed by atoms with van der Waals surface area (Å²) in [5.74, 6) is 0.687. The van der Waals surface area contributed by atoms with Crippen LogP contribution >= 0.6 is 0 Å². The summed E-state index contributed by atoms with van der Waals surface area (Å²) >= 11 is 0. The molecule has 18 heavy (non-hydrogen) atoms. The van der Waals surface area contributed by atoms with E-state index in [1.807, 2.05) is 19.9 Å². The molecule has 0 radical (unpaired) electrons. The predicted molar refractivity (Wildman–Crippen MR) is 71.5 cm³/mol. The Kier molecular flexibility index (Phi) is 5.10. The third-order valence-corrected chi connectivity index (χ3v) is 3.27. The number of nitrogens with one attached hydrogen (secondary N) is 1. The second kappa shape index (κ2) is 6.15. The third-order valence-electron chi connectivity index (χ3n) is 2.33. The Hall–Kier alpha value is -1.14. The molecule has 0 amide bonds. The highest BCUT2D eigenvalue weighted by molar-refractivity contribution is 7.90. The van der Waals surface area contributed by atoms with Crippen LogP contribution in [0.4, 0.5) is 0 Å². The second-order valence-corrected chi connectivity index (χ2v) is 6.74. The van der Waals surface area contributed by atoms with Crippen molar-refractivity contribution in [2.24, 2.45) is 0 Å². The largest absolute Gasteiger partial charge is 0.489 e. The summed E-state index contributed by atoms with van der Waals surface area (Å²) < 4.78 is 28.2. The maximum atomic E-state index is 11.3. The fraction of sp³-hybridized carbons (Fsp3) is 0.583. The van der Waals surface area contributed by atoms with Gasteiger partial charge in [0.15, 0.2) is 0 Å². The summed E-state index contributed by atoms with van der Waals surface area (Å²) in [4.78, 5) is 4.08. The van der Waals surface area contributed by atoms with Gasteiger partial charge in [-0.1, -0.05) is 0 Å². The molecule has 1 rings (SSSR count). The molecule has 0 aliphatic rings. The van der Waals surface area contributed by atoms with E-state index in [9.17, 15) is 8.42 Å². The van der Waals surface area contributed by atoms with Crippen LogP contribution in [-0.4, -0.2) is 38.6 Å². The Labute approximate surface area is 108 Å². The topological polar surface area (TPSA) is 68.3 Å². The minimum Gasteiger partial charge on any atom is -0.489 e. The molecule has 1 aromatic rings. The van der Waals surface area contributed by atoms with Gasteiger partial charge in [-0.05, 0) is 32.5 Å². The Bertz CT molecular complexity index is 486. The number of hydrogen-bond acceptors (Lipinski definition) is 5. The van der Waals surface area contributed by atoms with Crippen molar-refractivity contribution in [3.05, 3.63) is 24.0 Å². The van der Waals surface area contributed by atoms with E-state index >= 15 is 0 Å². The number of rotatable bonds is 6. The van der Waals surface area contributed by atoms with Crippen molar-refractivity contribution >= 4 is 9.84 Å². The molecule has 0 aliphatic carbocycles. The number of ether oxygens (including phenoxy) is 1. The molecule has 0 spiro atoms. The molecule has 1 atom stereocenters. The Morgan fingerprint density at radius 3 is 2.56 bits per heavy atom. The van der Waals surface area contributed by atoms with Crippen LogP contribution in [0.5, 0.6) is 5.75 Å². The SMILES string of the molecule is CNC(CS(C)(=O)=O)c1cncc(OC(C)C)c1. The first-order chi connectivity index (χ1) is 8.31. The minimum absolute atomic E-state index is 0.0380. The minimum atomic E-state index is -3.05. The van der Waals surface area contributed by atoms with E-state index in [1.54, 1.807) is 19.4 Å². The van der Waals surface area contributed by atoms with Gasteiger partial charge in [-0.25, -0.2) is 8.42 Å². The number of sulfone groups is 1. The van der Waals surface area contributed by atoms with Crippen LogP contribution in [0.25, 0.3) is 0 Å². The molecule has 0 fully saturated rings. The van der Waals surface area contributed by atoms with Gasteiger partial charge in [-0.2, -0.15) is 0 Å². The lowest BCUT2D eigenvalue weighted by Gasteiger charge is -2.17. The van der Waals surface area contributed by atoms with Gasteiger partial charge in [-0.15, -0.1) is 0 Å². The zero-order valence-corrected chi connectivity index (χ0v) is 12.0. The summed E-state index contributed by atoms with van der Waals surface area (Å²) in [6.45, 7) is 3.86. The van der Waals surface area contributed by atoms with Gasteiger partial charge >= 0.3 is 0 Å². The maximum absolute atomic E-state index is 11.3. The number of pyridine rings is 1. The average molecular weight is 272 g/mol. The third kappa shape index (κ3) is 5.01. The van der Waals surface area contributed by atoms with Crippen molar-refractivity contribution in [2.45, 2.75) is 26.0 Å². The molecule has 1 unspecified atom stereocenters. The van der Waals surface area contributed by atoms with Crippen molar-refractivity contribution in [3.8, 4) is 5.75 Å². The lowest BCUT2D eigenvalue weighted by atomic mass is 10.1. The van der Waals surface area contributed by atoms with E-state index < -0.39 is 9.84 Å². The van der Waals surface area contributed by atoms with E-state index in [2.05, 4.69) is 10.3 Å². The molecule has 102 valence electrons. The summed E-state index contributed by atoms with van der Waals surface area (Å²) in [5, 5.41) is 2.98. The Balaban J connectivity index is 2.92. The average Bonchev–Trinajstić information content (AvgIpc) is 2.24. The fourth-order valence-electron chi connectivity index (χ4n) is 1.61. The zero-order chi connectivity index (χ0) is 13.8. The van der Waals surface area contributed by atoms with Gasteiger partial charge in [0, 0.05) is 18.5 Å². The van der Waals surface area contributed by atoms with Gasteiger partial charge in [0.25, 0.3) is 0 Å². The molecular formula is C12H20N2O3S. The summed E-state index contributed by atoms with van der Waals surface area (Å²) in [5.41, 5.74) is 0.807. The van der Waals surface area contributed by atoms with Crippen LogP contribution in [0.3, 0.4) is 0 Å². The highest BCUT2D eigenvalue weighted by atomic mass is 32.2. The van der Waals surface area contributed by atoms with Gasteiger partial charge in [0.05, 0.1) is 18.1 Å². The molecule has 0 aromatic carbocycles. The molecule has 1 aromatic heterocycles. The summed E-state index contributed by atoms with van der Waals surface area (Å²) in [7, 11) is -1.32. The maximum Gasteiger partial charge on any atom is 0.149 e. The molecule has 0 saturated heterocycles. The summed E-state index contributed by atoms with van der Waals surface area (Å²) in [6.07, 6.45) is 4.56. The lowest BCUT2D eigenvalue weighted by Crippen LogP contribution is -2.24. The van der Waals surface area contributed by atoms with Gasteiger partial charge in [0.1, 0.15) is 15.6 Å². The lowest BCUT2D eigenvalue weighted by molar-refractivity contribution is 0.241. The van der Waals surface area contributed by atoms with Crippen molar-refractivity contribution in [3.63, 3.8) is 0 Å². The standard InChI is InChI=1S/C12H20N2O3S/c1-9(2)17-11-5-10(6-14-7-11)12(13-3)8-18(4,15)16/h5-7,9,12-13H,8H2,1-4H3. The molecule has 6 heteroatoms. The van der Waals surface area contributed by atoms with Crippen LogP contribution < -0.4 is 10.1 Å². The van der Waals surface area contributed by atoms with Crippen LogP contribution in [0.15, 0.2) is 18.5 Å². The fourth-order valence-corrected chi connectivity index (χ4v) is 2.58. The van der Waals surface area contributed by atoms with E-state index in [1.165, 1.54) is 6.26 Å². The number of hydrogen-bond donors (Lipinski definition) is 1. The van der Waals surface area contributed by atoms with Crippen molar-refractivity contribution in [2.75, 3.05) is 19.1 Å². The van der Waals surface area contributed by atoms with Crippen molar-refractivity contribution < 1.29 is 13.2 Å². The number of nitrogens with zero attached hydrogens (tertiary/aromatic N) is 1. The van der Waals surface area contributed by atoms with Gasteiger partial charge in [0.2, 0.25) is 0 Å². The highest BCUT2D eigenvalue weighted by Gasteiger charge is 2.16. The highest BCUT2D eigenvalue weighted by Crippen LogP contribution is 2.19. The number of aromatic nitrogens is 1. The van der Waals surface area contributed by atoms with Crippen molar-refractivity contribution in [1.82, 2.24) is 10.3 Å². The van der Waals surface area contributed by atoms with E-state index in [4.69, 9.17) is 4.74 Å². The quantitative estimate of drug-likeness (QED) is 0.842. The monoisotopic (exact) mass is 272 g/mol. The van der Waals surface area contributed by atoms with Crippen LogP contribution in [-0.2, 0) is 9.84 Å². The van der Waals surface area contributed by atoms with Crippen LogP contribution in [0.2, 0.25) is 0 Å². The summed E-state index contributed by atoms with van der Waals surface area (Å²) in [6, 6.07) is 1.54. The Morgan fingerprint density at radius 1 is 1.39 bits per heavy atom. The van der Waals surface area contributed by atoms with Gasteiger partial charge in [-0.3, -0.25) is 4.98 Å². The van der Waals surface area contributed by atoms with E-state index in [-0.39, 0.29) is 17.9 Å².